The molecule has 6 aromatic rings. The first kappa shape index (κ1) is 31.7. The zero-order chi connectivity index (χ0) is 31.4. The van der Waals surface area contributed by atoms with Gasteiger partial charge in [0, 0.05) is 43.0 Å². The van der Waals surface area contributed by atoms with Crippen LogP contribution in [-0.2, 0) is 30.9 Å². The van der Waals surface area contributed by atoms with Gasteiger partial charge in [0.15, 0.2) is 17.5 Å². The maximum Gasteiger partial charge on any atom is 0.164 e. The summed E-state index contributed by atoms with van der Waals surface area (Å²) in [5, 5.41) is 0. The van der Waals surface area contributed by atoms with Crippen LogP contribution in [-0.4, -0.2) is 19.9 Å². The fourth-order valence-corrected chi connectivity index (χ4v) is 6.60. The molecule has 0 fully saturated rings. The van der Waals surface area contributed by atoms with Crippen molar-refractivity contribution in [2.75, 3.05) is 0 Å². The van der Waals surface area contributed by atoms with E-state index < -0.39 is 0 Å². The van der Waals surface area contributed by atoms with Gasteiger partial charge in [-0.3, -0.25) is 0 Å². The zero-order valence-electron chi connectivity index (χ0n) is 27.1. The summed E-state index contributed by atoms with van der Waals surface area (Å²) in [6.45, 7) is 14.2. The normalized spacial score (nSPS) is 15.5. The van der Waals surface area contributed by atoms with Gasteiger partial charge in [-0.25, -0.2) is 15.0 Å². The molecule has 0 atom stereocenters. The van der Waals surface area contributed by atoms with E-state index in [1.165, 1.54) is 11.1 Å². The van der Waals surface area contributed by atoms with Crippen molar-refractivity contribution in [1.82, 2.24) is 19.9 Å². The van der Waals surface area contributed by atoms with Crippen molar-refractivity contribution in [2.45, 2.75) is 52.4 Å². The average Bonchev–Trinajstić information content (AvgIpc) is 3.18. The Labute approximate surface area is 285 Å². The monoisotopic (exact) mass is 778 g/mol. The minimum absolute atomic E-state index is 0. The Morgan fingerprint density at radius 1 is 0.500 bits per heavy atom. The van der Waals surface area contributed by atoms with E-state index in [0.717, 1.165) is 39.1 Å². The van der Waals surface area contributed by atoms with E-state index in [0.29, 0.717) is 17.5 Å². The number of aromatic nitrogens is 4. The fraction of sp³-hybridized carbons (Fsp3) is 0.220. The Hall–Kier alpha value is -4.31. The third-order valence-electron chi connectivity index (χ3n) is 10.6. The van der Waals surface area contributed by atoms with Crippen LogP contribution in [0.2, 0.25) is 0 Å². The van der Waals surface area contributed by atoms with Crippen LogP contribution in [0.4, 0.5) is 0 Å². The van der Waals surface area contributed by atoms with Crippen molar-refractivity contribution < 1.29 is 20.1 Å². The molecule has 0 saturated heterocycles. The quantitative estimate of drug-likeness (QED) is 0.164. The predicted octanol–water partition coefficient (Wildman–Crippen LogP) is 9.99. The summed E-state index contributed by atoms with van der Waals surface area (Å²) in [4.78, 5) is 19.4. The Morgan fingerprint density at radius 2 is 0.957 bits per heavy atom. The maximum absolute atomic E-state index is 4.88. The molecule has 0 spiro atoms. The summed E-state index contributed by atoms with van der Waals surface area (Å²) in [6.07, 6.45) is 1.95. The van der Waals surface area contributed by atoms with Gasteiger partial charge in [-0.2, -0.15) is 0 Å². The van der Waals surface area contributed by atoms with E-state index in [-0.39, 0.29) is 36.4 Å². The number of rotatable bonds is 5. The molecule has 4 aromatic carbocycles. The number of nitrogens with zero attached hydrogens (tertiary/aromatic N) is 4. The van der Waals surface area contributed by atoms with Gasteiger partial charge in [0.05, 0.1) is 0 Å². The van der Waals surface area contributed by atoms with Crippen molar-refractivity contribution in [2.24, 2.45) is 5.41 Å². The van der Waals surface area contributed by atoms with Crippen molar-refractivity contribution in [1.29, 1.82) is 0 Å². The second-order valence-corrected chi connectivity index (χ2v) is 13.6. The second-order valence-electron chi connectivity index (χ2n) is 13.6. The predicted molar refractivity (Wildman–Crippen MR) is 183 cm³/mol. The topological polar surface area (TPSA) is 51.6 Å². The third-order valence-corrected chi connectivity index (χ3v) is 10.6. The number of fused-ring (bicyclic) bond motifs is 1. The average molecular weight is 778 g/mol. The van der Waals surface area contributed by atoms with Gasteiger partial charge in [0.1, 0.15) is 0 Å². The molecule has 1 radical (unpaired) electrons. The first-order valence-electron chi connectivity index (χ1n) is 15.6. The molecular weight excluding hydrogens is 741 g/mol. The number of benzene rings is 4. The molecule has 5 heteroatoms. The summed E-state index contributed by atoms with van der Waals surface area (Å²) in [6, 6.07) is 40.7. The molecule has 2 heterocycles. The van der Waals surface area contributed by atoms with Crippen LogP contribution in [0.1, 0.15) is 52.7 Å². The first-order valence-corrected chi connectivity index (χ1v) is 15.6. The summed E-state index contributed by atoms with van der Waals surface area (Å²) in [5.74, 6) is 1.95. The standard InChI is InChI=1S/C41H37N4.Ir/c1-39(2)33-23-21-31(25-34(33)40(3,4)41(39,5)6)35-24-22-32(26-42-35)27-17-19-30(20-18-27)38-44-36(28-13-9-7-10-14-28)43-37(45-38)29-15-11-8-12-16-29;/h7-20,22-26H,1-6H3;/q-1;. The van der Waals surface area contributed by atoms with E-state index in [4.69, 9.17) is 19.9 Å². The third kappa shape index (κ3) is 5.22. The Balaban J connectivity index is 0.00000372. The minimum Gasteiger partial charge on any atom is -0.304 e. The SMILES string of the molecule is CC1(C)c2c[c-]c(-c3ccc(-c4ccc(-c5nc(-c6ccccc6)nc(-c6ccccc6)n5)cc4)cn3)cc2C(C)(C)C1(C)C.[Ir]. The summed E-state index contributed by atoms with van der Waals surface area (Å²) in [7, 11) is 0. The van der Waals surface area contributed by atoms with Gasteiger partial charge < -0.3 is 4.98 Å². The zero-order valence-corrected chi connectivity index (χ0v) is 29.5. The molecule has 0 bridgehead atoms. The van der Waals surface area contributed by atoms with Crippen LogP contribution < -0.4 is 0 Å². The van der Waals surface area contributed by atoms with Crippen LogP contribution in [0.5, 0.6) is 0 Å². The fourth-order valence-electron chi connectivity index (χ4n) is 6.60. The van der Waals surface area contributed by atoms with Gasteiger partial charge >= 0.3 is 0 Å². The van der Waals surface area contributed by atoms with Crippen LogP contribution in [0.3, 0.4) is 0 Å². The van der Waals surface area contributed by atoms with Crippen molar-refractivity contribution in [3.05, 3.63) is 133 Å². The first-order chi connectivity index (χ1) is 21.6. The van der Waals surface area contributed by atoms with E-state index in [1.807, 2.05) is 66.9 Å². The van der Waals surface area contributed by atoms with Crippen LogP contribution in [0.25, 0.3) is 56.5 Å². The number of hydrogen-bond donors (Lipinski definition) is 0. The number of hydrogen-bond acceptors (Lipinski definition) is 4. The Bertz CT molecular complexity index is 1940. The summed E-state index contributed by atoms with van der Waals surface area (Å²) >= 11 is 0. The second kappa shape index (κ2) is 11.8. The van der Waals surface area contributed by atoms with Crippen molar-refractivity contribution >= 4 is 0 Å². The smallest absolute Gasteiger partial charge is 0.164 e. The van der Waals surface area contributed by atoms with E-state index in [1.54, 1.807) is 0 Å². The summed E-state index contributed by atoms with van der Waals surface area (Å²) in [5.41, 5.74) is 9.97. The van der Waals surface area contributed by atoms with Gasteiger partial charge in [-0.1, -0.05) is 139 Å². The van der Waals surface area contributed by atoms with Gasteiger partial charge in [-0.05, 0) is 33.1 Å². The van der Waals surface area contributed by atoms with Gasteiger partial charge in [0.2, 0.25) is 0 Å². The maximum atomic E-state index is 4.88. The molecule has 0 saturated carbocycles. The van der Waals surface area contributed by atoms with E-state index >= 15 is 0 Å². The molecule has 7 rings (SSSR count). The van der Waals surface area contributed by atoms with E-state index in [2.05, 4.69) is 96.1 Å². The van der Waals surface area contributed by atoms with Gasteiger partial charge in [0.25, 0.3) is 0 Å². The molecule has 231 valence electrons. The van der Waals surface area contributed by atoms with E-state index in [9.17, 15) is 0 Å². The van der Waals surface area contributed by atoms with Crippen molar-refractivity contribution in [3.8, 4) is 56.5 Å². The molecular formula is C41H37IrN4-. The Kier molecular flexibility index (Phi) is 8.12. The molecule has 46 heavy (non-hydrogen) atoms. The molecule has 0 N–H and O–H groups in total. The molecule has 1 aliphatic carbocycles. The minimum atomic E-state index is 0. The summed E-state index contributed by atoms with van der Waals surface area (Å²) < 4.78 is 0. The Morgan fingerprint density at radius 3 is 1.46 bits per heavy atom. The molecule has 1 aliphatic rings. The largest absolute Gasteiger partial charge is 0.304 e. The van der Waals surface area contributed by atoms with Gasteiger partial charge in [-0.15, -0.1) is 34.9 Å². The molecule has 2 aromatic heterocycles. The molecule has 0 aliphatic heterocycles. The van der Waals surface area contributed by atoms with Crippen LogP contribution >= 0.6 is 0 Å². The molecule has 4 nitrogen and oxygen atoms in total. The van der Waals surface area contributed by atoms with Crippen molar-refractivity contribution in [3.63, 3.8) is 0 Å². The van der Waals surface area contributed by atoms with Crippen LogP contribution in [0.15, 0.2) is 115 Å². The molecule has 0 unspecified atom stereocenters. The molecule has 0 amide bonds. The van der Waals surface area contributed by atoms with Crippen LogP contribution in [0, 0.1) is 11.5 Å². The number of pyridine rings is 1.